The summed E-state index contributed by atoms with van der Waals surface area (Å²) in [5.41, 5.74) is 1.82. The van der Waals surface area contributed by atoms with E-state index in [4.69, 9.17) is 0 Å². The number of amides is 1. The highest BCUT2D eigenvalue weighted by Gasteiger charge is 2.48. The number of carbonyl (C=O) groups is 2. The fourth-order valence-electron chi connectivity index (χ4n) is 3.34. The van der Waals surface area contributed by atoms with E-state index >= 15 is 0 Å². The van der Waals surface area contributed by atoms with Crippen LogP contribution in [0.5, 0.6) is 0 Å². The molecule has 2 aromatic carbocycles. The van der Waals surface area contributed by atoms with Gasteiger partial charge in [-0.3, -0.25) is 14.5 Å². The number of hydrogen-bond acceptors (Lipinski definition) is 6. The summed E-state index contributed by atoms with van der Waals surface area (Å²) < 4.78 is 13.5. The van der Waals surface area contributed by atoms with Crippen LogP contribution in [0.4, 0.5) is 9.52 Å². The zero-order valence-corrected chi connectivity index (χ0v) is 17.1. The van der Waals surface area contributed by atoms with Crippen molar-refractivity contribution in [3.8, 4) is 0 Å². The van der Waals surface area contributed by atoms with E-state index in [0.29, 0.717) is 22.6 Å². The lowest BCUT2D eigenvalue weighted by Crippen LogP contribution is -2.29. The molecular weight excluding hydrogens is 405 g/mol. The Morgan fingerprint density at radius 3 is 2.37 bits per heavy atom. The minimum Gasteiger partial charge on any atom is -0.507 e. The van der Waals surface area contributed by atoms with Crippen molar-refractivity contribution < 1.29 is 19.1 Å². The topological polar surface area (TPSA) is 83.4 Å². The maximum Gasteiger partial charge on any atom is 0.301 e. The number of aliphatic hydroxyl groups is 1. The van der Waals surface area contributed by atoms with Crippen molar-refractivity contribution in [3.63, 3.8) is 0 Å². The summed E-state index contributed by atoms with van der Waals surface area (Å²) in [7, 11) is 0. The van der Waals surface area contributed by atoms with Gasteiger partial charge in [0.05, 0.1) is 11.6 Å². The molecule has 30 heavy (non-hydrogen) atoms. The maximum atomic E-state index is 13.5. The summed E-state index contributed by atoms with van der Waals surface area (Å²) in [4.78, 5) is 27.1. The summed E-state index contributed by atoms with van der Waals surface area (Å²) in [6, 6.07) is 11.5. The van der Waals surface area contributed by atoms with Crippen molar-refractivity contribution in [2.45, 2.75) is 26.3 Å². The number of benzene rings is 2. The SMILES string of the molecule is CCc1nnc(N2C(=O)C(=O)/C(=C(/O)c3ccc(C)cc3)C2c2ccc(F)cc2)s1. The van der Waals surface area contributed by atoms with E-state index in [9.17, 15) is 19.1 Å². The molecule has 1 saturated heterocycles. The lowest BCUT2D eigenvalue weighted by atomic mass is 9.95. The van der Waals surface area contributed by atoms with E-state index < -0.39 is 23.5 Å². The standard InChI is InChI=1S/C22H18FN3O3S/c1-3-16-24-25-22(30-16)26-18(13-8-10-15(23)11-9-13)17(20(28)21(26)29)19(27)14-6-4-12(2)5-7-14/h4-11,18,27H,3H2,1-2H3/b19-17+. The molecule has 0 spiro atoms. The zero-order valence-electron chi connectivity index (χ0n) is 16.3. The summed E-state index contributed by atoms with van der Waals surface area (Å²) in [5, 5.41) is 20.1. The second kappa shape index (κ2) is 7.79. The van der Waals surface area contributed by atoms with Crippen molar-refractivity contribution in [2.75, 3.05) is 4.90 Å². The Morgan fingerprint density at radius 2 is 1.77 bits per heavy atom. The summed E-state index contributed by atoms with van der Waals surface area (Å²) >= 11 is 1.20. The van der Waals surface area contributed by atoms with Crippen LogP contribution < -0.4 is 4.90 Å². The Hall–Kier alpha value is -3.39. The van der Waals surface area contributed by atoms with Crippen LogP contribution in [0, 0.1) is 12.7 Å². The van der Waals surface area contributed by atoms with Crippen LogP contribution in [0.25, 0.3) is 5.76 Å². The number of ketones is 1. The van der Waals surface area contributed by atoms with Gasteiger partial charge in [-0.25, -0.2) is 4.39 Å². The van der Waals surface area contributed by atoms with Crippen molar-refractivity contribution in [1.29, 1.82) is 0 Å². The summed E-state index contributed by atoms with van der Waals surface area (Å²) in [6.07, 6.45) is 0.631. The first-order valence-corrected chi connectivity index (χ1v) is 10.2. The molecule has 1 aromatic heterocycles. The number of Topliss-reactive ketones (excluding diaryl/α,β-unsaturated/α-hetero) is 1. The molecule has 1 atom stereocenters. The van der Waals surface area contributed by atoms with Gasteiger partial charge in [0.25, 0.3) is 5.78 Å². The van der Waals surface area contributed by atoms with Gasteiger partial charge in [0.2, 0.25) is 5.13 Å². The molecule has 0 aliphatic carbocycles. The second-order valence-corrected chi connectivity index (χ2v) is 7.96. The van der Waals surface area contributed by atoms with Gasteiger partial charge in [-0.2, -0.15) is 0 Å². The molecule has 1 aliphatic rings. The number of anilines is 1. The molecule has 0 bridgehead atoms. The number of hydrogen-bond donors (Lipinski definition) is 1. The van der Waals surface area contributed by atoms with Crippen molar-refractivity contribution in [3.05, 3.63) is 81.6 Å². The first-order chi connectivity index (χ1) is 14.4. The molecule has 1 unspecified atom stereocenters. The molecule has 0 saturated carbocycles. The van der Waals surface area contributed by atoms with Gasteiger partial charge in [0.15, 0.2) is 0 Å². The average molecular weight is 423 g/mol. The highest BCUT2D eigenvalue weighted by atomic mass is 32.1. The van der Waals surface area contributed by atoms with E-state index in [2.05, 4.69) is 10.2 Å². The molecule has 1 N–H and O–H groups in total. The third kappa shape index (κ3) is 3.39. The highest BCUT2D eigenvalue weighted by molar-refractivity contribution is 7.15. The van der Waals surface area contributed by atoms with Gasteiger partial charge in [-0.15, -0.1) is 10.2 Å². The Morgan fingerprint density at radius 1 is 1.10 bits per heavy atom. The third-order valence-electron chi connectivity index (χ3n) is 4.92. The molecule has 3 aromatic rings. The van der Waals surface area contributed by atoms with Crippen LogP contribution in [-0.4, -0.2) is 27.0 Å². The molecule has 152 valence electrons. The molecular formula is C22H18FN3O3S. The van der Waals surface area contributed by atoms with Crippen molar-refractivity contribution in [1.82, 2.24) is 10.2 Å². The number of nitrogens with zero attached hydrogens (tertiary/aromatic N) is 3. The smallest absolute Gasteiger partial charge is 0.301 e. The van der Waals surface area contributed by atoms with E-state index in [0.717, 1.165) is 5.56 Å². The van der Waals surface area contributed by atoms with Gasteiger partial charge in [-0.05, 0) is 31.0 Å². The highest BCUT2D eigenvalue weighted by Crippen LogP contribution is 2.43. The van der Waals surface area contributed by atoms with Crippen LogP contribution in [-0.2, 0) is 16.0 Å². The first kappa shape index (κ1) is 19.9. The summed E-state index contributed by atoms with van der Waals surface area (Å²) in [5.74, 6) is -2.36. The molecule has 1 aliphatic heterocycles. The second-order valence-electron chi connectivity index (χ2n) is 6.92. The molecule has 2 heterocycles. The average Bonchev–Trinajstić information content (AvgIpc) is 3.31. The van der Waals surface area contributed by atoms with E-state index in [1.54, 1.807) is 24.3 Å². The Kier molecular flexibility index (Phi) is 5.17. The number of aromatic nitrogens is 2. The Labute approximate surface area is 176 Å². The monoisotopic (exact) mass is 423 g/mol. The third-order valence-corrected chi connectivity index (χ3v) is 5.99. The number of rotatable bonds is 4. The van der Waals surface area contributed by atoms with Crippen molar-refractivity contribution in [2.24, 2.45) is 0 Å². The van der Waals surface area contributed by atoms with E-state index in [-0.39, 0.29) is 16.5 Å². The van der Waals surface area contributed by atoms with E-state index in [1.165, 1.54) is 40.5 Å². The number of halogens is 1. The van der Waals surface area contributed by atoms with Gasteiger partial charge in [0.1, 0.15) is 16.6 Å². The molecule has 8 heteroatoms. The zero-order chi connectivity index (χ0) is 21.4. The minimum absolute atomic E-state index is 0.0660. The predicted molar refractivity (Wildman–Crippen MR) is 112 cm³/mol. The van der Waals surface area contributed by atoms with Gasteiger partial charge >= 0.3 is 5.91 Å². The van der Waals surface area contributed by atoms with Crippen LogP contribution in [0.2, 0.25) is 0 Å². The quantitative estimate of drug-likeness (QED) is 0.387. The lowest BCUT2D eigenvalue weighted by Gasteiger charge is -2.22. The Bertz CT molecular complexity index is 1150. The molecule has 4 rings (SSSR count). The predicted octanol–water partition coefficient (Wildman–Crippen LogP) is 4.17. The minimum atomic E-state index is -0.940. The normalized spacial score (nSPS) is 18.2. The number of aryl methyl sites for hydroxylation is 2. The first-order valence-electron chi connectivity index (χ1n) is 9.36. The van der Waals surface area contributed by atoms with Crippen LogP contribution >= 0.6 is 11.3 Å². The van der Waals surface area contributed by atoms with Gasteiger partial charge in [-0.1, -0.05) is 60.2 Å². The molecule has 1 amide bonds. The van der Waals surface area contributed by atoms with Crippen LogP contribution in [0.15, 0.2) is 54.1 Å². The Balaban J connectivity index is 1.92. The fraction of sp³-hybridized carbons (Fsp3) is 0.182. The van der Waals surface area contributed by atoms with Gasteiger partial charge in [0, 0.05) is 5.56 Å². The van der Waals surface area contributed by atoms with Gasteiger partial charge < -0.3 is 5.11 Å². The van der Waals surface area contributed by atoms with E-state index in [1.807, 2.05) is 13.8 Å². The molecule has 0 radical (unpaired) electrons. The number of aliphatic hydroxyl groups excluding tert-OH is 1. The number of carbonyl (C=O) groups excluding carboxylic acids is 2. The fourth-order valence-corrected chi connectivity index (χ4v) is 4.15. The molecule has 6 nitrogen and oxygen atoms in total. The van der Waals surface area contributed by atoms with Crippen LogP contribution in [0.1, 0.15) is 34.7 Å². The van der Waals surface area contributed by atoms with Crippen molar-refractivity contribution >= 4 is 33.9 Å². The largest absolute Gasteiger partial charge is 0.507 e. The van der Waals surface area contributed by atoms with Crippen LogP contribution in [0.3, 0.4) is 0 Å². The molecule has 1 fully saturated rings. The summed E-state index contributed by atoms with van der Waals surface area (Å²) in [6.45, 7) is 3.81. The maximum absolute atomic E-state index is 13.5. The lowest BCUT2D eigenvalue weighted by molar-refractivity contribution is -0.132.